The molecule has 1 fully saturated rings. The average molecular weight is 274 g/mol. The fraction of sp³-hybridized carbons (Fsp3) is 0.636. The molecule has 1 aliphatic rings. The number of nitrogens with one attached hydrogen (secondary N) is 1. The van der Waals surface area contributed by atoms with Crippen molar-refractivity contribution in [2.24, 2.45) is 5.92 Å². The molecule has 1 aromatic heterocycles. The zero-order valence-electron chi connectivity index (χ0n) is 8.64. The highest BCUT2D eigenvalue weighted by Gasteiger charge is 2.37. The van der Waals surface area contributed by atoms with Crippen molar-refractivity contribution in [3.8, 4) is 0 Å². The van der Waals surface area contributed by atoms with Gasteiger partial charge in [0.2, 0.25) is 0 Å². The normalized spacial score (nSPS) is 17.4. The lowest BCUT2D eigenvalue weighted by Crippen LogP contribution is -2.40. The van der Waals surface area contributed by atoms with Gasteiger partial charge in [0, 0.05) is 26.8 Å². The molecule has 1 heterocycles. The molecule has 0 radical (unpaired) electrons. The van der Waals surface area contributed by atoms with E-state index in [1.807, 2.05) is 11.3 Å². The summed E-state index contributed by atoms with van der Waals surface area (Å²) < 4.78 is 1.20. The minimum Gasteiger partial charge on any atom is -0.307 e. The first kappa shape index (κ1) is 10.7. The van der Waals surface area contributed by atoms with Crippen LogP contribution in [-0.2, 0) is 6.54 Å². The first-order valence-electron chi connectivity index (χ1n) is 5.06. The molecule has 2 rings (SSSR count). The van der Waals surface area contributed by atoms with Gasteiger partial charge in [-0.25, -0.2) is 0 Å². The van der Waals surface area contributed by atoms with Crippen LogP contribution in [0.3, 0.4) is 0 Å². The summed E-state index contributed by atoms with van der Waals surface area (Å²) >= 11 is 5.29. The SMILES string of the molecule is CC(C)(NCc1cc(Br)cs1)C1CC1. The second-order valence-corrected chi connectivity index (χ2v) is 6.49. The van der Waals surface area contributed by atoms with Gasteiger partial charge >= 0.3 is 0 Å². The minimum atomic E-state index is 0.316. The lowest BCUT2D eigenvalue weighted by atomic mass is 9.99. The van der Waals surface area contributed by atoms with Gasteiger partial charge in [0.1, 0.15) is 0 Å². The molecule has 1 N–H and O–H groups in total. The molecule has 0 bridgehead atoms. The highest BCUT2D eigenvalue weighted by atomic mass is 79.9. The Morgan fingerprint density at radius 2 is 2.29 bits per heavy atom. The molecule has 78 valence electrons. The third-order valence-electron chi connectivity index (χ3n) is 2.94. The summed E-state index contributed by atoms with van der Waals surface area (Å²) in [5.41, 5.74) is 0.316. The fourth-order valence-corrected chi connectivity index (χ4v) is 3.10. The van der Waals surface area contributed by atoms with Crippen molar-refractivity contribution in [2.45, 2.75) is 38.8 Å². The van der Waals surface area contributed by atoms with Crippen LogP contribution in [0.4, 0.5) is 0 Å². The largest absolute Gasteiger partial charge is 0.307 e. The summed E-state index contributed by atoms with van der Waals surface area (Å²) in [4.78, 5) is 1.41. The van der Waals surface area contributed by atoms with E-state index in [1.54, 1.807) is 0 Å². The first-order chi connectivity index (χ1) is 6.58. The smallest absolute Gasteiger partial charge is 0.0305 e. The van der Waals surface area contributed by atoms with E-state index >= 15 is 0 Å². The monoisotopic (exact) mass is 273 g/mol. The van der Waals surface area contributed by atoms with Crippen LogP contribution in [-0.4, -0.2) is 5.54 Å². The van der Waals surface area contributed by atoms with Crippen LogP contribution in [0.25, 0.3) is 0 Å². The maximum Gasteiger partial charge on any atom is 0.0305 e. The summed E-state index contributed by atoms with van der Waals surface area (Å²) in [6.07, 6.45) is 2.79. The van der Waals surface area contributed by atoms with Crippen molar-refractivity contribution in [1.82, 2.24) is 5.32 Å². The maximum absolute atomic E-state index is 3.64. The summed E-state index contributed by atoms with van der Waals surface area (Å²) in [7, 11) is 0. The second kappa shape index (κ2) is 3.95. The first-order valence-corrected chi connectivity index (χ1v) is 6.73. The minimum absolute atomic E-state index is 0.316. The molecule has 14 heavy (non-hydrogen) atoms. The van der Waals surface area contributed by atoms with Crippen LogP contribution in [0.2, 0.25) is 0 Å². The van der Waals surface area contributed by atoms with Gasteiger partial charge in [-0.15, -0.1) is 11.3 Å². The van der Waals surface area contributed by atoms with Gasteiger partial charge in [-0.3, -0.25) is 0 Å². The maximum atomic E-state index is 3.64. The lowest BCUT2D eigenvalue weighted by molar-refractivity contribution is 0.341. The third kappa shape index (κ3) is 2.59. The van der Waals surface area contributed by atoms with Gasteiger partial charge in [0.15, 0.2) is 0 Å². The molecule has 1 aromatic rings. The van der Waals surface area contributed by atoms with E-state index in [0.717, 1.165) is 12.5 Å². The second-order valence-electron chi connectivity index (χ2n) is 4.58. The molecule has 0 unspecified atom stereocenters. The van der Waals surface area contributed by atoms with Crippen molar-refractivity contribution in [1.29, 1.82) is 0 Å². The molecule has 1 aliphatic carbocycles. The highest BCUT2D eigenvalue weighted by Crippen LogP contribution is 2.39. The predicted molar refractivity (Wildman–Crippen MR) is 65.7 cm³/mol. The van der Waals surface area contributed by atoms with Gasteiger partial charge in [-0.2, -0.15) is 0 Å². The Hall–Kier alpha value is 0.140. The lowest BCUT2D eigenvalue weighted by Gasteiger charge is -2.25. The van der Waals surface area contributed by atoms with E-state index in [2.05, 4.69) is 46.5 Å². The Kier molecular flexibility index (Phi) is 3.01. The Morgan fingerprint density at radius 1 is 1.57 bits per heavy atom. The van der Waals surface area contributed by atoms with E-state index in [1.165, 1.54) is 22.2 Å². The Morgan fingerprint density at radius 3 is 2.79 bits per heavy atom. The average Bonchev–Trinajstić information content (AvgIpc) is 2.89. The van der Waals surface area contributed by atoms with Gasteiger partial charge in [-0.05, 0) is 54.6 Å². The van der Waals surface area contributed by atoms with Crippen molar-refractivity contribution in [2.75, 3.05) is 0 Å². The summed E-state index contributed by atoms with van der Waals surface area (Å²) in [6.45, 7) is 5.63. The van der Waals surface area contributed by atoms with Gasteiger partial charge in [0.25, 0.3) is 0 Å². The fourth-order valence-electron chi connectivity index (χ4n) is 1.71. The van der Waals surface area contributed by atoms with Crippen LogP contribution in [0, 0.1) is 5.92 Å². The van der Waals surface area contributed by atoms with E-state index in [-0.39, 0.29) is 0 Å². The molecular formula is C11H16BrNS. The zero-order chi connectivity index (χ0) is 10.2. The van der Waals surface area contributed by atoms with E-state index < -0.39 is 0 Å². The van der Waals surface area contributed by atoms with E-state index in [9.17, 15) is 0 Å². The highest BCUT2D eigenvalue weighted by molar-refractivity contribution is 9.10. The molecule has 1 nitrogen and oxygen atoms in total. The predicted octanol–water partition coefficient (Wildman–Crippen LogP) is 3.79. The van der Waals surface area contributed by atoms with Crippen molar-refractivity contribution >= 4 is 27.3 Å². The van der Waals surface area contributed by atoms with Crippen molar-refractivity contribution in [3.63, 3.8) is 0 Å². The van der Waals surface area contributed by atoms with E-state index in [4.69, 9.17) is 0 Å². The summed E-state index contributed by atoms with van der Waals surface area (Å²) in [6, 6.07) is 2.20. The van der Waals surface area contributed by atoms with Gasteiger partial charge in [-0.1, -0.05) is 0 Å². The molecule has 3 heteroatoms. The number of halogens is 1. The van der Waals surface area contributed by atoms with Crippen molar-refractivity contribution in [3.05, 3.63) is 20.8 Å². The van der Waals surface area contributed by atoms with Gasteiger partial charge < -0.3 is 5.32 Å². The van der Waals surface area contributed by atoms with Crippen LogP contribution >= 0.6 is 27.3 Å². The van der Waals surface area contributed by atoms with E-state index in [0.29, 0.717) is 5.54 Å². The van der Waals surface area contributed by atoms with Crippen molar-refractivity contribution < 1.29 is 0 Å². The standard InChI is InChI=1S/C11H16BrNS/c1-11(2,8-3-4-8)13-6-10-5-9(12)7-14-10/h5,7-8,13H,3-4,6H2,1-2H3. The number of hydrogen-bond donors (Lipinski definition) is 1. The number of thiophene rings is 1. The Labute approximate surface area is 98.0 Å². The zero-order valence-corrected chi connectivity index (χ0v) is 11.0. The topological polar surface area (TPSA) is 12.0 Å². The quantitative estimate of drug-likeness (QED) is 0.880. The van der Waals surface area contributed by atoms with Crippen LogP contribution in [0.15, 0.2) is 15.9 Å². The summed E-state index contributed by atoms with van der Waals surface area (Å²) in [5, 5.41) is 5.78. The van der Waals surface area contributed by atoms with Crippen LogP contribution in [0.1, 0.15) is 31.6 Å². The summed E-state index contributed by atoms with van der Waals surface area (Å²) in [5.74, 6) is 0.894. The molecule has 0 aromatic carbocycles. The molecule has 0 spiro atoms. The molecule has 0 amide bonds. The Balaban J connectivity index is 1.87. The number of hydrogen-bond acceptors (Lipinski definition) is 2. The molecule has 0 saturated heterocycles. The molecule has 0 aliphatic heterocycles. The van der Waals surface area contributed by atoms with Crippen LogP contribution < -0.4 is 5.32 Å². The molecule has 0 atom stereocenters. The van der Waals surface area contributed by atoms with Crippen LogP contribution in [0.5, 0.6) is 0 Å². The third-order valence-corrected chi connectivity index (χ3v) is 4.64. The van der Waals surface area contributed by atoms with Gasteiger partial charge in [0.05, 0.1) is 0 Å². The molecule has 1 saturated carbocycles. The Bertz CT molecular complexity index is 315. The molecular weight excluding hydrogens is 258 g/mol. The number of rotatable bonds is 4.